The van der Waals surface area contributed by atoms with E-state index >= 15 is 0 Å². The first kappa shape index (κ1) is 8.22. The average Bonchev–Trinajstić information content (AvgIpc) is 1.87. The van der Waals surface area contributed by atoms with Crippen LogP contribution in [0.2, 0.25) is 0 Å². The van der Waals surface area contributed by atoms with Crippen LogP contribution in [0.15, 0.2) is 37.0 Å². The summed E-state index contributed by atoms with van der Waals surface area (Å²) >= 11 is 0. The molecule has 0 aromatic carbocycles. The van der Waals surface area contributed by atoms with Crippen LogP contribution >= 0.6 is 0 Å². The maximum atomic E-state index is 3.86. The summed E-state index contributed by atoms with van der Waals surface area (Å²) < 4.78 is 0. The average molecular weight is 122 g/mol. The van der Waals surface area contributed by atoms with E-state index < -0.39 is 0 Å². The minimum absolute atomic E-state index is 0.404. The van der Waals surface area contributed by atoms with E-state index in [4.69, 9.17) is 0 Å². The van der Waals surface area contributed by atoms with Crippen LogP contribution < -0.4 is 0 Å². The second-order valence-electron chi connectivity index (χ2n) is 2.10. The van der Waals surface area contributed by atoms with Crippen molar-refractivity contribution in [3.8, 4) is 0 Å². The summed E-state index contributed by atoms with van der Waals surface area (Å²) in [6.07, 6.45) is 5.89. The van der Waals surface area contributed by atoms with Gasteiger partial charge in [-0.1, -0.05) is 31.7 Å². The summed E-state index contributed by atoms with van der Waals surface area (Å²) in [5.74, 6) is 0.404. The van der Waals surface area contributed by atoms with E-state index in [1.165, 1.54) is 0 Å². The molecule has 0 amide bonds. The molecular weight excluding hydrogens is 108 g/mol. The third-order valence-corrected chi connectivity index (χ3v) is 1.32. The van der Waals surface area contributed by atoms with E-state index in [1.54, 1.807) is 0 Å². The molecule has 0 aromatic rings. The highest BCUT2D eigenvalue weighted by Gasteiger charge is 1.94. The van der Waals surface area contributed by atoms with Crippen LogP contribution in [0.25, 0.3) is 0 Å². The second-order valence-corrected chi connectivity index (χ2v) is 2.10. The lowest BCUT2D eigenvalue weighted by Crippen LogP contribution is -1.88. The summed E-state index contributed by atoms with van der Waals surface area (Å²) in [5.41, 5.74) is 1.12. The molecule has 1 unspecified atom stereocenters. The maximum absolute atomic E-state index is 3.86. The zero-order valence-electron chi connectivity index (χ0n) is 6.22. The molecule has 0 aliphatic carbocycles. The molecule has 1 atom stereocenters. The zero-order valence-corrected chi connectivity index (χ0v) is 6.22. The van der Waals surface area contributed by atoms with E-state index in [0.717, 1.165) is 5.57 Å². The van der Waals surface area contributed by atoms with E-state index in [-0.39, 0.29) is 0 Å². The molecule has 0 nitrogen and oxygen atoms in total. The van der Waals surface area contributed by atoms with Gasteiger partial charge < -0.3 is 0 Å². The minimum Gasteiger partial charge on any atom is -0.102 e. The van der Waals surface area contributed by atoms with Gasteiger partial charge in [0.05, 0.1) is 0 Å². The normalized spacial score (nSPS) is 13.6. The van der Waals surface area contributed by atoms with Gasteiger partial charge in [0.15, 0.2) is 0 Å². The molecule has 0 aliphatic heterocycles. The molecular formula is C9H14. The molecule has 50 valence electrons. The first-order chi connectivity index (χ1) is 4.22. The topological polar surface area (TPSA) is 0 Å². The summed E-state index contributed by atoms with van der Waals surface area (Å²) in [5, 5.41) is 0. The summed E-state index contributed by atoms with van der Waals surface area (Å²) in [6.45, 7) is 11.6. The lowest BCUT2D eigenvalue weighted by atomic mass is 10.0. The van der Waals surface area contributed by atoms with Crippen LogP contribution in [0.1, 0.15) is 13.8 Å². The van der Waals surface area contributed by atoms with Crippen molar-refractivity contribution in [3.63, 3.8) is 0 Å². The van der Waals surface area contributed by atoms with Gasteiger partial charge in [-0.3, -0.25) is 0 Å². The lowest BCUT2D eigenvalue weighted by molar-refractivity contribution is 0.899. The molecule has 0 aromatic heterocycles. The van der Waals surface area contributed by atoms with E-state index in [0.29, 0.717) is 5.92 Å². The minimum atomic E-state index is 0.404. The highest BCUT2D eigenvalue weighted by molar-refractivity contribution is 5.19. The predicted octanol–water partition coefficient (Wildman–Crippen LogP) is 2.94. The van der Waals surface area contributed by atoms with Crippen LogP contribution in [0.3, 0.4) is 0 Å². The summed E-state index contributed by atoms with van der Waals surface area (Å²) in [7, 11) is 0. The van der Waals surface area contributed by atoms with Crippen LogP contribution in [0.4, 0.5) is 0 Å². The molecule has 0 fully saturated rings. The molecule has 0 spiro atoms. The van der Waals surface area contributed by atoms with Crippen molar-refractivity contribution in [3.05, 3.63) is 37.0 Å². The van der Waals surface area contributed by atoms with Crippen molar-refractivity contribution in [2.75, 3.05) is 0 Å². The molecule has 0 heteroatoms. The summed E-state index contributed by atoms with van der Waals surface area (Å²) in [4.78, 5) is 0. The highest BCUT2D eigenvalue weighted by Crippen LogP contribution is 2.09. The van der Waals surface area contributed by atoms with Crippen molar-refractivity contribution in [2.24, 2.45) is 5.92 Å². The molecule has 0 aliphatic rings. The van der Waals surface area contributed by atoms with Gasteiger partial charge in [-0.05, 0) is 18.4 Å². The van der Waals surface area contributed by atoms with Gasteiger partial charge in [0.1, 0.15) is 0 Å². The highest BCUT2D eigenvalue weighted by atomic mass is 14.0. The van der Waals surface area contributed by atoms with Gasteiger partial charge in [0, 0.05) is 0 Å². The molecule has 0 heterocycles. The largest absolute Gasteiger partial charge is 0.102 e. The lowest BCUT2D eigenvalue weighted by Gasteiger charge is -2.02. The molecule has 0 bridgehead atoms. The van der Waals surface area contributed by atoms with Crippen molar-refractivity contribution in [1.29, 1.82) is 0 Å². The molecule has 9 heavy (non-hydrogen) atoms. The van der Waals surface area contributed by atoms with Crippen LogP contribution in [0.5, 0.6) is 0 Å². The van der Waals surface area contributed by atoms with Gasteiger partial charge in [0.2, 0.25) is 0 Å². The van der Waals surface area contributed by atoms with Crippen LogP contribution in [0, 0.1) is 5.92 Å². The Labute approximate surface area is 57.6 Å². The Balaban J connectivity index is 3.87. The Bertz CT molecular complexity index is 129. The predicted molar refractivity (Wildman–Crippen MR) is 43.3 cm³/mol. The second kappa shape index (κ2) is 4.13. The SMILES string of the molecule is C=CC(C)C(=C)C=CC. The van der Waals surface area contributed by atoms with Crippen molar-refractivity contribution < 1.29 is 0 Å². The Kier molecular flexibility index (Phi) is 3.78. The van der Waals surface area contributed by atoms with Gasteiger partial charge in [-0.25, -0.2) is 0 Å². The Morgan fingerprint density at radius 3 is 2.44 bits per heavy atom. The Morgan fingerprint density at radius 2 is 2.11 bits per heavy atom. The fraction of sp³-hybridized carbons (Fsp3) is 0.333. The van der Waals surface area contributed by atoms with Gasteiger partial charge in [0.25, 0.3) is 0 Å². The molecule has 0 saturated heterocycles. The van der Waals surface area contributed by atoms with Gasteiger partial charge in [-0.2, -0.15) is 0 Å². The molecule has 0 N–H and O–H groups in total. The fourth-order valence-electron chi connectivity index (χ4n) is 0.517. The van der Waals surface area contributed by atoms with E-state index in [9.17, 15) is 0 Å². The number of hydrogen-bond acceptors (Lipinski definition) is 0. The van der Waals surface area contributed by atoms with E-state index in [1.807, 2.05) is 25.2 Å². The number of allylic oxidation sites excluding steroid dienone is 4. The number of rotatable bonds is 3. The fourth-order valence-corrected chi connectivity index (χ4v) is 0.517. The third kappa shape index (κ3) is 2.91. The van der Waals surface area contributed by atoms with Crippen molar-refractivity contribution >= 4 is 0 Å². The zero-order chi connectivity index (χ0) is 7.28. The monoisotopic (exact) mass is 122 g/mol. The molecule has 0 rings (SSSR count). The van der Waals surface area contributed by atoms with Gasteiger partial charge >= 0.3 is 0 Å². The first-order valence-electron chi connectivity index (χ1n) is 3.16. The Morgan fingerprint density at radius 1 is 1.56 bits per heavy atom. The summed E-state index contributed by atoms with van der Waals surface area (Å²) in [6, 6.07) is 0. The number of hydrogen-bond donors (Lipinski definition) is 0. The third-order valence-electron chi connectivity index (χ3n) is 1.32. The quantitative estimate of drug-likeness (QED) is 0.399. The Hall–Kier alpha value is -0.780. The molecule has 0 radical (unpaired) electrons. The van der Waals surface area contributed by atoms with Crippen molar-refractivity contribution in [1.82, 2.24) is 0 Å². The maximum Gasteiger partial charge on any atom is -0.00191 e. The first-order valence-corrected chi connectivity index (χ1v) is 3.16. The van der Waals surface area contributed by atoms with Crippen LogP contribution in [-0.4, -0.2) is 0 Å². The molecule has 0 saturated carbocycles. The van der Waals surface area contributed by atoms with Crippen molar-refractivity contribution in [2.45, 2.75) is 13.8 Å². The van der Waals surface area contributed by atoms with Crippen LogP contribution in [-0.2, 0) is 0 Å². The van der Waals surface area contributed by atoms with Gasteiger partial charge in [-0.15, -0.1) is 6.58 Å². The van der Waals surface area contributed by atoms with E-state index in [2.05, 4.69) is 20.1 Å². The standard InChI is InChI=1S/C9H14/c1-5-7-9(4)8(3)6-2/h5-8H,2,4H2,1,3H3. The smallest absolute Gasteiger partial charge is 0.00191 e.